The summed E-state index contributed by atoms with van der Waals surface area (Å²) < 4.78 is 17.1. The highest BCUT2D eigenvalue weighted by Gasteiger charge is 2.20. The standard InChI is InChI=1S/C25H35NO4/c1-18(2)29-22-13-12-21(17-24(22)28-5)15-16-26-25(27)23(30-19(3)4)14-11-20-9-7-6-8-10-20/h6-10,12-13,17-19,23H,11,14-16H2,1-5H3,(H,26,27). The minimum Gasteiger partial charge on any atom is -0.493 e. The summed E-state index contributed by atoms with van der Waals surface area (Å²) in [5, 5.41) is 3.02. The quantitative estimate of drug-likeness (QED) is 0.554. The smallest absolute Gasteiger partial charge is 0.249 e. The molecule has 0 aliphatic rings. The summed E-state index contributed by atoms with van der Waals surface area (Å²) in [6.45, 7) is 8.41. The Bertz CT molecular complexity index is 774. The van der Waals surface area contributed by atoms with Crippen molar-refractivity contribution < 1.29 is 19.0 Å². The number of aryl methyl sites for hydroxylation is 1. The first-order valence-electron chi connectivity index (χ1n) is 10.7. The molecule has 0 aliphatic carbocycles. The molecule has 5 nitrogen and oxygen atoms in total. The predicted octanol–water partition coefficient (Wildman–Crippen LogP) is 4.57. The van der Waals surface area contributed by atoms with Crippen molar-refractivity contribution in [1.82, 2.24) is 5.32 Å². The number of amides is 1. The summed E-state index contributed by atoms with van der Waals surface area (Å²) in [5.41, 5.74) is 2.28. The Balaban J connectivity index is 1.89. The number of nitrogens with one attached hydrogen (secondary N) is 1. The Morgan fingerprint density at radius 1 is 0.900 bits per heavy atom. The van der Waals surface area contributed by atoms with Crippen LogP contribution in [0.3, 0.4) is 0 Å². The molecular formula is C25H35NO4. The molecule has 1 amide bonds. The lowest BCUT2D eigenvalue weighted by atomic mass is 10.1. The molecule has 2 aromatic rings. The third-order valence-electron chi connectivity index (χ3n) is 4.57. The molecule has 1 unspecified atom stereocenters. The van der Waals surface area contributed by atoms with E-state index in [0.29, 0.717) is 25.1 Å². The molecule has 0 saturated carbocycles. The van der Waals surface area contributed by atoms with Crippen molar-refractivity contribution in [1.29, 1.82) is 0 Å². The number of benzene rings is 2. The number of hydrogen-bond acceptors (Lipinski definition) is 4. The van der Waals surface area contributed by atoms with Crippen molar-refractivity contribution in [3.05, 3.63) is 59.7 Å². The van der Waals surface area contributed by atoms with E-state index in [0.717, 1.165) is 17.7 Å². The summed E-state index contributed by atoms with van der Waals surface area (Å²) >= 11 is 0. The second-order valence-electron chi connectivity index (χ2n) is 7.89. The van der Waals surface area contributed by atoms with Gasteiger partial charge in [0, 0.05) is 6.54 Å². The van der Waals surface area contributed by atoms with Crippen LogP contribution in [-0.4, -0.2) is 37.9 Å². The molecule has 5 heteroatoms. The lowest BCUT2D eigenvalue weighted by Gasteiger charge is -2.20. The largest absolute Gasteiger partial charge is 0.493 e. The lowest BCUT2D eigenvalue weighted by molar-refractivity contribution is -0.136. The van der Waals surface area contributed by atoms with Crippen LogP contribution in [0.4, 0.5) is 0 Å². The van der Waals surface area contributed by atoms with Crippen molar-refractivity contribution in [3.8, 4) is 11.5 Å². The van der Waals surface area contributed by atoms with E-state index in [-0.39, 0.29) is 18.1 Å². The van der Waals surface area contributed by atoms with Gasteiger partial charge in [-0.05, 0) is 70.2 Å². The summed E-state index contributed by atoms with van der Waals surface area (Å²) in [6, 6.07) is 16.0. The number of methoxy groups -OCH3 is 1. The maximum Gasteiger partial charge on any atom is 0.249 e. The van der Waals surface area contributed by atoms with E-state index in [1.165, 1.54) is 5.56 Å². The van der Waals surface area contributed by atoms with Crippen molar-refractivity contribution in [3.63, 3.8) is 0 Å². The Morgan fingerprint density at radius 2 is 1.63 bits per heavy atom. The topological polar surface area (TPSA) is 56.8 Å². The number of carbonyl (C=O) groups is 1. The molecule has 0 aliphatic heterocycles. The highest BCUT2D eigenvalue weighted by atomic mass is 16.5. The summed E-state index contributed by atoms with van der Waals surface area (Å²) in [6.07, 6.45) is 1.79. The maximum absolute atomic E-state index is 12.7. The van der Waals surface area contributed by atoms with Gasteiger partial charge in [0.25, 0.3) is 0 Å². The summed E-state index contributed by atoms with van der Waals surface area (Å²) in [7, 11) is 1.63. The van der Waals surface area contributed by atoms with Crippen LogP contribution in [-0.2, 0) is 22.4 Å². The molecule has 1 N–H and O–H groups in total. The molecule has 0 heterocycles. The number of hydrogen-bond donors (Lipinski definition) is 1. The van der Waals surface area contributed by atoms with Crippen molar-refractivity contribution in [2.45, 2.75) is 65.3 Å². The second kappa shape index (κ2) is 12.2. The maximum atomic E-state index is 12.7. The molecule has 2 rings (SSSR count). The van der Waals surface area contributed by atoms with Crippen LogP contribution in [0.15, 0.2) is 48.5 Å². The number of rotatable bonds is 12. The van der Waals surface area contributed by atoms with Crippen molar-refractivity contribution in [2.75, 3.05) is 13.7 Å². The Labute approximate surface area is 180 Å². The molecule has 0 bridgehead atoms. The lowest BCUT2D eigenvalue weighted by Crippen LogP contribution is -2.39. The van der Waals surface area contributed by atoms with E-state index in [1.807, 2.05) is 64.1 Å². The zero-order chi connectivity index (χ0) is 21.9. The average molecular weight is 414 g/mol. The Hall–Kier alpha value is -2.53. The number of carbonyl (C=O) groups excluding carboxylic acids is 1. The van der Waals surface area contributed by atoms with Crippen LogP contribution >= 0.6 is 0 Å². The van der Waals surface area contributed by atoms with E-state index < -0.39 is 6.10 Å². The fourth-order valence-corrected chi connectivity index (χ4v) is 3.19. The Morgan fingerprint density at radius 3 is 2.27 bits per heavy atom. The van der Waals surface area contributed by atoms with Crippen LogP contribution in [0.2, 0.25) is 0 Å². The molecule has 30 heavy (non-hydrogen) atoms. The molecule has 0 aromatic heterocycles. The summed E-state index contributed by atoms with van der Waals surface area (Å²) in [5.74, 6) is 1.37. The first-order chi connectivity index (χ1) is 14.4. The highest BCUT2D eigenvalue weighted by molar-refractivity contribution is 5.80. The first-order valence-corrected chi connectivity index (χ1v) is 10.7. The van der Waals surface area contributed by atoms with Gasteiger partial charge in [-0.15, -0.1) is 0 Å². The third-order valence-corrected chi connectivity index (χ3v) is 4.57. The predicted molar refractivity (Wildman–Crippen MR) is 120 cm³/mol. The second-order valence-corrected chi connectivity index (χ2v) is 7.89. The van der Waals surface area contributed by atoms with E-state index in [2.05, 4.69) is 17.4 Å². The number of ether oxygens (including phenoxy) is 3. The third kappa shape index (κ3) is 8.07. The van der Waals surface area contributed by atoms with Gasteiger partial charge in [0.1, 0.15) is 6.10 Å². The van der Waals surface area contributed by atoms with Gasteiger partial charge in [0.05, 0.1) is 19.3 Å². The fourth-order valence-electron chi connectivity index (χ4n) is 3.19. The van der Waals surface area contributed by atoms with E-state index in [9.17, 15) is 4.79 Å². The van der Waals surface area contributed by atoms with Crippen molar-refractivity contribution in [2.24, 2.45) is 0 Å². The molecule has 2 aromatic carbocycles. The van der Waals surface area contributed by atoms with Crippen LogP contribution in [0.25, 0.3) is 0 Å². The van der Waals surface area contributed by atoms with Gasteiger partial charge in [-0.3, -0.25) is 4.79 Å². The van der Waals surface area contributed by atoms with E-state index in [1.54, 1.807) is 7.11 Å². The van der Waals surface area contributed by atoms with Gasteiger partial charge in [0.15, 0.2) is 11.5 Å². The highest BCUT2D eigenvalue weighted by Crippen LogP contribution is 2.29. The molecule has 1 atom stereocenters. The minimum atomic E-state index is -0.457. The zero-order valence-corrected chi connectivity index (χ0v) is 18.8. The average Bonchev–Trinajstić information content (AvgIpc) is 2.72. The normalized spacial score (nSPS) is 12.1. The SMILES string of the molecule is COc1cc(CCNC(=O)C(CCc2ccccc2)OC(C)C)ccc1OC(C)C. The van der Waals surface area contributed by atoms with E-state index in [4.69, 9.17) is 14.2 Å². The molecule has 0 radical (unpaired) electrons. The van der Waals surface area contributed by atoms with Crippen molar-refractivity contribution >= 4 is 5.91 Å². The molecule has 0 fully saturated rings. The van der Waals surface area contributed by atoms with E-state index >= 15 is 0 Å². The summed E-state index contributed by atoms with van der Waals surface area (Å²) in [4.78, 5) is 12.7. The fraction of sp³-hybridized carbons (Fsp3) is 0.480. The first kappa shape index (κ1) is 23.7. The molecule has 164 valence electrons. The monoisotopic (exact) mass is 413 g/mol. The molecular weight excluding hydrogens is 378 g/mol. The van der Waals surface area contributed by atoms with Crippen LogP contribution in [0.1, 0.15) is 45.2 Å². The minimum absolute atomic E-state index is 0.00529. The van der Waals surface area contributed by atoms with Gasteiger partial charge >= 0.3 is 0 Å². The van der Waals surface area contributed by atoms with Crippen LogP contribution in [0.5, 0.6) is 11.5 Å². The van der Waals surface area contributed by atoms with Crippen LogP contribution < -0.4 is 14.8 Å². The van der Waals surface area contributed by atoms with Gasteiger partial charge in [-0.2, -0.15) is 0 Å². The molecule has 0 spiro atoms. The van der Waals surface area contributed by atoms with Crippen LogP contribution in [0, 0.1) is 0 Å². The van der Waals surface area contributed by atoms with Gasteiger partial charge in [-0.1, -0.05) is 36.4 Å². The molecule has 0 saturated heterocycles. The van der Waals surface area contributed by atoms with Gasteiger partial charge in [-0.25, -0.2) is 0 Å². The van der Waals surface area contributed by atoms with Gasteiger partial charge < -0.3 is 19.5 Å². The Kier molecular flexibility index (Phi) is 9.68. The zero-order valence-electron chi connectivity index (χ0n) is 18.8. The van der Waals surface area contributed by atoms with Gasteiger partial charge in [0.2, 0.25) is 5.91 Å².